The van der Waals surface area contributed by atoms with Gasteiger partial charge in [0.1, 0.15) is 23.6 Å². The fraction of sp³-hybridized carbons (Fsp3) is 0.0769. The lowest BCUT2D eigenvalue weighted by molar-refractivity contribution is -0.385. The van der Waals surface area contributed by atoms with Gasteiger partial charge in [-0.25, -0.2) is 4.98 Å². The number of nitrogens with zero attached hydrogens (tertiary/aromatic N) is 3. The van der Waals surface area contributed by atoms with Crippen molar-refractivity contribution in [3.63, 3.8) is 0 Å². The first-order chi connectivity index (χ1) is 9.51. The van der Waals surface area contributed by atoms with Crippen molar-refractivity contribution in [3.8, 4) is 17.7 Å². The molecule has 7 heteroatoms. The van der Waals surface area contributed by atoms with Crippen LogP contribution in [0.1, 0.15) is 11.1 Å². The van der Waals surface area contributed by atoms with Gasteiger partial charge in [0.15, 0.2) is 0 Å². The predicted molar refractivity (Wildman–Crippen MR) is 74.6 cm³/mol. The number of pyridine rings is 1. The minimum atomic E-state index is -0.609. The lowest BCUT2D eigenvalue weighted by atomic mass is 10.2. The van der Waals surface area contributed by atoms with E-state index in [1.165, 1.54) is 0 Å². The number of nitro groups is 1. The molecular weight excluding hydrogens is 326 g/mol. The zero-order chi connectivity index (χ0) is 14.7. The molecule has 1 aromatic heterocycles. The quantitative estimate of drug-likeness (QED) is 0.630. The van der Waals surface area contributed by atoms with Gasteiger partial charge in [0.25, 0.3) is 5.69 Å². The van der Waals surface area contributed by atoms with Gasteiger partial charge < -0.3 is 4.74 Å². The summed E-state index contributed by atoms with van der Waals surface area (Å²) in [5.74, 6) is 0.578. The second kappa shape index (κ2) is 5.67. The van der Waals surface area contributed by atoms with Crippen LogP contribution < -0.4 is 4.74 Å². The lowest BCUT2D eigenvalue weighted by Gasteiger charge is -2.08. The molecule has 0 aliphatic heterocycles. The number of ether oxygens (including phenoxy) is 1. The second-order valence-electron chi connectivity index (χ2n) is 3.93. The molecule has 1 aromatic carbocycles. The molecule has 0 unspecified atom stereocenters. The Morgan fingerprint density at radius 2 is 2.20 bits per heavy atom. The zero-order valence-electron chi connectivity index (χ0n) is 10.3. The first kappa shape index (κ1) is 14.0. The van der Waals surface area contributed by atoms with E-state index in [1.807, 2.05) is 19.1 Å². The highest BCUT2D eigenvalue weighted by Gasteiger charge is 2.14. The van der Waals surface area contributed by atoms with Crippen LogP contribution in [0.15, 0.2) is 34.9 Å². The van der Waals surface area contributed by atoms with Gasteiger partial charge in [-0.1, -0.05) is 15.9 Å². The highest BCUT2D eigenvalue weighted by molar-refractivity contribution is 9.10. The molecule has 2 aromatic rings. The maximum atomic E-state index is 10.6. The average Bonchev–Trinajstić information content (AvgIpc) is 2.42. The summed E-state index contributed by atoms with van der Waals surface area (Å²) in [5, 5.41) is 19.7. The predicted octanol–water partition coefficient (Wildman–Crippen LogP) is 3.72. The van der Waals surface area contributed by atoms with E-state index in [9.17, 15) is 10.1 Å². The molecule has 2 rings (SSSR count). The summed E-state index contributed by atoms with van der Waals surface area (Å²) in [6.07, 6.45) is 1.06. The molecule has 0 amide bonds. The minimum absolute atomic E-state index is 0.0153. The van der Waals surface area contributed by atoms with Crippen LogP contribution in [0.5, 0.6) is 11.6 Å². The normalized spacial score (nSPS) is 9.85. The number of nitriles is 1. The Labute approximate surface area is 122 Å². The van der Waals surface area contributed by atoms with Gasteiger partial charge in [0.05, 0.1) is 4.92 Å². The van der Waals surface area contributed by atoms with Gasteiger partial charge in [-0.2, -0.15) is 5.26 Å². The Balaban J connectivity index is 2.39. The number of aromatic nitrogens is 1. The summed E-state index contributed by atoms with van der Waals surface area (Å²) in [7, 11) is 0. The van der Waals surface area contributed by atoms with Gasteiger partial charge in [-0.15, -0.1) is 0 Å². The van der Waals surface area contributed by atoms with Crippen molar-refractivity contribution in [2.75, 3.05) is 0 Å². The number of halogens is 1. The van der Waals surface area contributed by atoms with Crippen LogP contribution in [-0.2, 0) is 0 Å². The molecular formula is C13H8BrN3O3. The van der Waals surface area contributed by atoms with Crippen LogP contribution in [0.2, 0.25) is 0 Å². The Morgan fingerprint density at radius 3 is 2.80 bits per heavy atom. The molecule has 100 valence electrons. The summed E-state index contributed by atoms with van der Waals surface area (Å²) in [6.45, 7) is 1.84. The minimum Gasteiger partial charge on any atom is -0.437 e. The van der Waals surface area contributed by atoms with E-state index in [4.69, 9.17) is 10.00 Å². The third kappa shape index (κ3) is 2.92. The summed E-state index contributed by atoms with van der Waals surface area (Å²) < 4.78 is 6.45. The van der Waals surface area contributed by atoms with E-state index >= 15 is 0 Å². The highest BCUT2D eigenvalue weighted by Crippen LogP contribution is 2.29. The van der Waals surface area contributed by atoms with Crippen LogP contribution >= 0.6 is 15.9 Å². The number of aryl methyl sites for hydroxylation is 1. The molecule has 0 saturated heterocycles. The topological polar surface area (TPSA) is 89.1 Å². The lowest BCUT2D eigenvalue weighted by Crippen LogP contribution is -1.96. The van der Waals surface area contributed by atoms with E-state index < -0.39 is 4.92 Å². The van der Waals surface area contributed by atoms with Gasteiger partial charge >= 0.3 is 0 Å². The maximum absolute atomic E-state index is 10.6. The molecule has 0 radical (unpaired) electrons. The Morgan fingerprint density at radius 1 is 1.45 bits per heavy atom. The number of hydrogen-bond donors (Lipinski definition) is 0. The summed E-state index contributed by atoms with van der Waals surface area (Å²) in [6, 6.07) is 8.35. The third-order valence-corrected chi connectivity index (χ3v) is 3.00. The summed E-state index contributed by atoms with van der Waals surface area (Å²) >= 11 is 3.34. The Kier molecular flexibility index (Phi) is 3.96. The molecule has 0 bridgehead atoms. The van der Waals surface area contributed by atoms with Crippen LogP contribution in [0, 0.1) is 28.4 Å². The maximum Gasteiger partial charge on any atom is 0.289 e. The monoisotopic (exact) mass is 333 g/mol. The SMILES string of the molecule is Cc1cc(Br)ccc1Oc1ncc([N+](=O)[O-])cc1C#N. The fourth-order valence-electron chi connectivity index (χ4n) is 1.53. The van der Waals surface area contributed by atoms with Gasteiger partial charge in [-0.3, -0.25) is 10.1 Å². The molecule has 0 N–H and O–H groups in total. The number of rotatable bonds is 3. The van der Waals surface area contributed by atoms with E-state index in [2.05, 4.69) is 20.9 Å². The molecule has 0 aliphatic rings. The largest absolute Gasteiger partial charge is 0.437 e. The second-order valence-corrected chi connectivity index (χ2v) is 4.84. The van der Waals surface area contributed by atoms with Crippen LogP contribution in [-0.4, -0.2) is 9.91 Å². The van der Waals surface area contributed by atoms with E-state index in [1.54, 1.807) is 12.1 Å². The van der Waals surface area contributed by atoms with Crippen molar-refractivity contribution in [3.05, 3.63) is 56.2 Å². The first-order valence-electron chi connectivity index (χ1n) is 5.50. The molecule has 0 saturated carbocycles. The van der Waals surface area contributed by atoms with Crippen molar-refractivity contribution in [1.29, 1.82) is 5.26 Å². The van der Waals surface area contributed by atoms with Gasteiger partial charge in [0.2, 0.25) is 5.88 Å². The van der Waals surface area contributed by atoms with E-state index in [0.717, 1.165) is 22.3 Å². The van der Waals surface area contributed by atoms with E-state index in [0.29, 0.717) is 5.75 Å². The molecule has 20 heavy (non-hydrogen) atoms. The number of hydrogen-bond acceptors (Lipinski definition) is 5. The molecule has 0 fully saturated rings. The van der Waals surface area contributed by atoms with Crippen molar-refractivity contribution < 1.29 is 9.66 Å². The van der Waals surface area contributed by atoms with Gasteiger partial charge in [0, 0.05) is 10.5 Å². The smallest absolute Gasteiger partial charge is 0.289 e. The van der Waals surface area contributed by atoms with Gasteiger partial charge in [-0.05, 0) is 30.7 Å². The van der Waals surface area contributed by atoms with Crippen molar-refractivity contribution in [2.24, 2.45) is 0 Å². The molecule has 0 atom stereocenters. The Hall–Kier alpha value is -2.46. The van der Waals surface area contributed by atoms with Crippen molar-refractivity contribution in [2.45, 2.75) is 6.92 Å². The first-order valence-corrected chi connectivity index (χ1v) is 6.29. The summed E-state index contributed by atoms with van der Waals surface area (Å²) in [4.78, 5) is 13.9. The highest BCUT2D eigenvalue weighted by atomic mass is 79.9. The number of benzene rings is 1. The van der Waals surface area contributed by atoms with Crippen LogP contribution in [0.3, 0.4) is 0 Å². The Bertz CT molecular complexity index is 725. The van der Waals surface area contributed by atoms with Crippen molar-refractivity contribution >= 4 is 21.6 Å². The fourth-order valence-corrected chi connectivity index (χ4v) is 2.01. The third-order valence-electron chi connectivity index (χ3n) is 2.51. The average molecular weight is 334 g/mol. The van der Waals surface area contributed by atoms with E-state index in [-0.39, 0.29) is 17.1 Å². The van der Waals surface area contributed by atoms with Crippen LogP contribution in [0.25, 0.3) is 0 Å². The molecule has 0 spiro atoms. The van der Waals surface area contributed by atoms with Crippen molar-refractivity contribution in [1.82, 2.24) is 4.98 Å². The summed E-state index contributed by atoms with van der Waals surface area (Å²) in [5.41, 5.74) is 0.617. The molecule has 1 heterocycles. The zero-order valence-corrected chi connectivity index (χ0v) is 11.9. The standard InChI is InChI=1S/C13H8BrN3O3/c1-8-4-10(14)2-3-12(8)20-13-9(6-15)5-11(7-16-13)17(18)19/h2-5,7H,1H3. The molecule has 0 aliphatic carbocycles. The molecule has 6 nitrogen and oxygen atoms in total. The van der Waals surface area contributed by atoms with Crippen LogP contribution in [0.4, 0.5) is 5.69 Å².